The number of piperidine rings is 1. The second-order valence-corrected chi connectivity index (χ2v) is 8.37. The summed E-state index contributed by atoms with van der Waals surface area (Å²) >= 11 is 0. The number of carbonyl (C=O) groups excluding carboxylic acids is 1. The van der Waals surface area contributed by atoms with Gasteiger partial charge in [0.15, 0.2) is 0 Å². The third kappa shape index (κ3) is 3.92. The standard InChI is InChI=1S/C22H29N3O3/c1-15(2)20-10-21(28-23-20)22(26)25-13-17-4-7-18(25)14-24(12-17)11-16-5-8-19(27-3)9-6-16/h5-6,8-10,15,17-18H,4,7,11-14H2,1-3H3/t17-,18+/m0/s1. The first-order valence-corrected chi connectivity index (χ1v) is 10.2. The summed E-state index contributed by atoms with van der Waals surface area (Å²) in [5, 5.41) is 4.06. The van der Waals surface area contributed by atoms with Gasteiger partial charge in [-0.1, -0.05) is 31.1 Å². The average Bonchev–Trinajstić information content (AvgIpc) is 3.04. The smallest absolute Gasteiger partial charge is 0.292 e. The zero-order chi connectivity index (χ0) is 19.7. The number of hydrogen-bond acceptors (Lipinski definition) is 5. The number of nitrogens with zero attached hydrogens (tertiary/aromatic N) is 3. The Morgan fingerprint density at radius 1 is 1.21 bits per heavy atom. The summed E-state index contributed by atoms with van der Waals surface area (Å²) in [7, 11) is 1.69. The molecule has 1 aromatic carbocycles. The van der Waals surface area contributed by atoms with Crippen molar-refractivity contribution in [1.82, 2.24) is 15.0 Å². The molecule has 3 saturated heterocycles. The Labute approximate surface area is 166 Å². The molecule has 2 bridgehead atoms. The molecule has 6 heteroatoms. The lowest BCUT2D eigenvalue weighted by atomic mass is 9.94. The molecule has 1 amide bonds. The third-order valence-electron chi connectivity index (χ3n) is 5.95. The molecule has 0 spiro atoms. The average molecular weight is 383 g/mol. The van der Waals surface area contributed by atoms with Gasteiger partial charge in [0.05, 0.1) is 12.8 Å². The number of ether oxygens (including phenoxy) is 1. The van der Waals surface area contributed by atoms with E-state index in [1.807, 2.05) is 17.0 Å². The molecule has 3 aliphatic rings. The summed E-state index contributed by atoms with van der Waals surface area (Å²) in [6.45, 7) is 7.74. The Balaban J connectivity index is 1.45. The molecule has 150 valence electrons. The molecular weight excluding hydrogens is 354 g/mol. The summed E-state index contributed by atoms with van der Waals surface area (Å²) in [6, 6.07) is 10.3. The van der Waals surface area contributed by atoms with E-state index in [4.69, 9.17) is 9.26 Å². The summed E-state index contributed by atoms with van der Waals surface area (Å²) < 4.78 is 10.6. The molecule has 3 aliphatic heterocycles. The van der Waals surface area contributed by atoms with E-state index >= 15 is 0 Å². The van der Waals surface area contributed by atoms with Crippen molar-refractivity contribution in [3.63, 3.8) is 0 Å². The van der Waals surface area contributed by atoms with Gasteiger partial charge in [-0.05, 0) is 42.4 Å². The lowest BCUT2D eigenvalue weighted by molar-refractivity contribution is 0.0543. The minimum Gasteiger partial charge on any atom is -0.497 e. The quantitative estimate of drug-likeness (QED) is 0.790. The minimum absolute atomic E-state index is 0.0135. The topological polar surface area (TPSA) is 58.8 Å². The van der Waals surface area contributed by atoms with Crippen molar-refractivity contribution in [2.75, 3.05) is 26.7 Å². The van der Waals surface area contributed by atoms with Crippen LogP contribution in [0.5, 0.6) is 5.75 Å². The highest BCUT2D eigenvalue weighted by molar-refractivity contribution is 5.91. The lowest BCUT2D eigenvalue weighted by Crippen LogP contribution is -2.47. The number of hydrogen-bond donors (Lipinski definition) is 0. The lowest BCUT2D eigenvalue weighted by Gasteiger charge is -2.35. The van der Waals surface area contributed by atoms with Gasteiger partial charge in [-0.25, -0.2) is 0 Å². The van der Waals surface area contributed by atoms with Crippen LogP contribution in [0, 0.1) is 5.92 Å². The van der Waals surface area contributed by atoms with E-state index in [2.05, 4.69) is 36.0 Å². The SMILES string of the molecule is COc1ccc(CN2C[C@@H]3CC[C@H](C2)N(C(=O)c2cc(C(C)C)no2)C3)cc1. The van der Waals surface area contributed by atoms with Crippen LogP contribution in [-0.4, -0.2) is 53.6 Å². The molecule has 0 aliphatic carbocycles. The highest BCUT2D eigenvalue weighted by Crippen LogP contribution is 2.30. The maximum absolute atomic E-state index is 13.1. The summed E-state index contributed by atoms with van der Waals surface area (Å²) in [5.41, 5.74) is 2.11. The van der Waals surface area contributed by atoms with Crippen LogP contribution in [0.4, 0.5) is 0 Å². The Kier molecular flexibility index (Phi) is 5.40. The molecule has 0 saturated carbocycles. The van der Waals surface area contributed by atoms with Crippen LogP contribution in [0.3, 0.4) is 0 Å². The molecule has 1 aromatic heterocycles. The molecule has 0 N–H and O–H groups in total. The molecule has 0 unspecified atom stereocenters. The third-order valence-corrected chi connectivity index (χ3v) is 5.95. The van der Waals surface area contributed by atoms with Crippen LogP contribution < -0.4 is 4.74 Å². The van der Waals surface area contributed by atoms with Gasteiger partial charge < -0.3 is 14.2 Å². The van der Waals surface area contributed by atoms with Gasteiger partial charge in [0.1, 0.15) is 5.75 Å². The zero-order valence-corrected chi connectivity index (χ0v) is 16.9. The van der Waals surface area contributed by atoms with E-state index in [9.17, 15) is 4.79 Å². The largest absolute Gasteiger partial charge is 0.497 e. The van der Waals surface area contributed by atoms with Gasteiger partial charge in [0.25, 0.3) is 5.91 Å². The fourth-order valence-corrected chi connectivity index (χ4v) is 4.35. The normalized spacial score (nSPS) is 22.5. The van der Waals surface area contributed by atoms with Crippen LogP contribution in [0.1, 0.15) is 54.4 Å². The second kappa shape index (κ2) is 7.95. The summed E-state index contributed by atoms with van der Waals surface area (Å²) in [5.74, 6) is 2.00. The Morgan fingerprint density at radius 2 is 2.00 bits per heavy atom. The molecule has 2 aromatic rings. The zero-order valence-electron chi connectivity index (χ0n) is 16.9. The van der Waals surface area contributed by atoms with Crippen molar-refractivity contribution in [2.45, 2.75) is 45.2 Å². The monoisotopic (exact) mass is 383 g/mol. The number of benzene rings is 1. The van der Waals surface area contributed by atoms with E-state index in [-0.39, 0.29) is 17.9 Å². The first kappa shape index (κ1) is 19.0. The highest BCUT2D eigenvalue weighted by Gasteiger charge is 2.38. The molecule has 0 radical (unpaired) electrons. The van der Waals surface area contributed by atoms with Crippen LogP contribution in [0.25, 0.3) is 0 Å². The van der Waals surface area contributed by atoms with Gasteiger partial charge in [0, 0.05) is 38.3 Å². The van der Waals surface area contributed by atoms with E-state index in [1.54, 1.807) is 13.2 Å². The number of fused-ring (bicyclic) bond motifs is 4. The molecule has 3 fully saturated rings. The van der Waals surface area contributed by atoms with E-state index in [0.29, 0.717) is 11.7 Å². The van der Waals surface area contributed by atoms with Crippen molar-refractivity contribution < 1.29 is 14.1 Å². The van der Waals surface area contributed by atoms with Crippen LogP contribution >= 0.6 is 0 Å². The Hall–Kier alpha value is -2.34. The Bertz CT molecular complexity index is 815. The molecule has 5 rings (SSSR count). The minimum atomic E-state index is -0.0135. The van der Waals surface area contributed by atoms with Crippen LogP contribution in [0.2, 0.25) is 0 Å². The molecular formula is C22H29N3O3. The number of carbonyl (C=O) groups is 1. The Morgan fingerprint density at radius 3 is 2.68 bits per heavy atom. The molecule has 28 heavy (non-hydrogen) atoms. The van der Waals surface area contributed by atoms with Crippen molar-refractivity contribution in [3.05, 3.63) is 47.3 Å². The first-order valence-electron chi connectivity index (χ1n) is 10.2. The number of rotatable bonds is 5. The molecule has 2 atom stereocenters. The van der Waals surface area contributed by atoms with Gasteiger partial charge in [-0.3, -0.25) is 9.69 Å². The summed E-state index contributed by atoms with van der Waals surface area (Å²) in [4.78, 5) is 17.6. The maximum atomic E-state index is 13.1. The second-order valence-electron chi connectivity index (χ2n) is 8.37. The van der Waals surface area contributed by atoms with Gasteiger partial charge >= 0.3 is 0 Å². The molecule has 6 nitrogen and oxygen atoms in total. The van der Waals surface area contributed by atoms with Crippen molar-refractivity contribution in [1.29, 1.82) is 0 Å². The van der Waals surface area contributed by atoms with E-state index < -0.39 is 0 Å². The highest BCUT2D eigenvalue weighted by atomic mass is 16.5. The fraction of sp³-hybridized carbons (Fsp3) is 0.545. The molecule has 4 heterocycles. The number of amides is 1. The number of aromatic nitrogens is 1. The van der Waals surface area contributed by atoms with Crippen LogP contribution in [0.15, 0.2) is 34.9 Å². The van der Waals surface area contributed by atoms with Crippen molar-refractivity contribution in [3.8, 4) is 5.75 Å². The van der Waals surface area contributed by atoms with E-state index in [0.717, 1.165) is 44.0 Å². The fourth-order valence-electron chi connectivity index (χ4n) is 4.35. The maximum Gasteiger partial charge on any atom is 0.292 e. The van der Waals surface area contributed by atoms with Gasteiger partial charge in [-0.15, -0.1) is 0 Å². The van der Waals surface area contributed by atoms with Gasteiger partial charge in [0.2, 0.25) is 5.76 Å². The van der Waals surface area contributed by atoms with Crippen molar-refractivity contribution >= 4 is 5.91 Å². The predicted octanol–water partition coefficient (Wildman–Crippen LogP) is 3.54. The summed E-state index contributed by atoms with van der Waals surface area (Å²) in [6.07, 6.45) is 2.24. The number of methoxy groups -OCH3 is 1. The predicted molar refractivity (Wildman–Crippen MR) is 106 cm³/mol. The van der Waals surface area contributed by atoms with Crippen molar-refractivity contribution in [2.24, 2.45) is 5.92 Å². The first-order chi connectivity index (χ1) is 13.5. The van der Waals surface area contributed by atoms with Gasteiger partial charge in [-0.2, -0.15) is 0 Å². The van der Waals surface area contributed by atoms with Crippen LogP contribution in [-0.2, 0) is 6.54 Å². The van der Waals surface area contributed by atoms with E-state index in [1.165, 1.54) is 12.0 Å².